The quantitative estimate of drug-likeness (QED) is 0.321. The van der Waals surface area contributed by atoms with Crippen molar-refractivity contribution in [1.29, 1.82) is 0 Å². The van der Waals surface area contributed by atoms with Gasteiger partial charge in [0.15, 0.2) is 5.78 Å². The Bertz CT molecular complexity index is 1440. The van der Waals surface area contributed by atoms with E-state index in [-0.39, 0.29) is 5.78 Å². The molecule has 4 aromatic carbocycles. The van der Waals surface area contributed by atoms with Gasteiger partial charge in [-0.25, -0.2) is 0 Å². The molecule has 0 saturated carbocycles. The highest BCUT2D eigenvalue weighted by Gasteiger charge is 2.50. The lowest BCUT2D eigenvalue weighted by Crippen LogP contribution is -2.43. The Morgan fingerprint density at radius 2 is 1.21 bits per heavy atom. The molecule has 0 N–H and O–H groups in total. The van der Waals surface area contributed by atoms with E-state index in [0.717, 1.165) is 39.3 Å². The van der Waals surface area contributed by atoms with Crippen molar-refractivity contribution in [3.05, 3.63) is 154 Å². The molecule has 34 heavy (non-hydrogen) atoms. The second kappa shape index (κ2) is 7.71. The molecule has 2 nitrogen and oxygen atoms in total. The van der Waals surface area contributed by atoms with Crippen molar-refractivity contribution in [3.8, 4) is 0 Å². The number of hydrogen-bond donors (Lipinski definition) is 0. The molecule has 0 unspecified atom stereocenters. The first kappa shape index (κ1) is 20.4. The number of fused-ring (bicyclic) bond motifs is 6. The molecule has 2 heteroatoms. The second-order valence-electron chi connectivity index (χ2n) is 8.87. The normalized spacial score (nSPS) is 15.9. The first-order valence-electron chi connectivity index (χ1n) is 11.7. The molecule has 164 valence electrons. The van der Waals surface area contributed by atoms with Gasteiger partial charge in [0.25, 0.3) is 0 Å². The summed E-state index contributed by atoms with van der Waals surface area (Å²) in [5.74, 6) is 0.0974. The molecule has 1 heterocycles. The molecule has 0 fully saturated rings. The van der Waals surface area contributed by atoms with Crippen molar-refractivity contribution in [2.24, 2.45) is 0 Å². The van der Waals surface area contributed by atoms with E-state index < -0.39 is 5.41 Å². The average Bonchev–Trinajstić information content (AvgIpc) is 2.90. The smallest absolute Gasteiger partial charge is 0.193 e. The molecule has 0 bridgehead atoms. The van der Waals surface area contributed by atoms with E-state index in [1.807, 2.05) is 30.3 Å². The highest BCUT2D eigenvalue weighted by molar-refractivity contribution is 6.14. The summed E-state index contributed by atoms with van der Waals surface area (Å²) in [6.07, 6.45) is 4.30. The van der Waals surface area contributed by atoms with Crippen LogP contribution < -0.4 is 4.90 Å². The number of benzene rings is 4. The molecule has 2 aliphatic rings. The second-order valence-corrected chi connectivity index (χ2v) is 8.87. The molecular formula is C32H25NO. The van der Waals surface area contributed by atoms with Gasteiger partial charge in [-0.05, 0) is 60.4 Å². The van der Waals surface area contributed by atoms with E-state index >= 15 is 0 Å². The van der Waals surface area contributed by atoms with E-state index in [4.69, 9.17) is 0 Å². The van der Waals surface area contributed by atoms with Crippen molar-refractivity contribution >= 4 is 17.2 Å². The lowest BCUT2D eigenvalue weighted by atomic mass is 9.57. The third-order valence-electron chi connectivity index (χ3n) is 7.23. The third kappa shape index (κ3) is 2.60. The fraction of sp³-hybridized carbons (Fsp3) is 0.0938. The van der Waals surface area contributed by atoms with Gasteiger partial charge in [0.1, 0.15) is 0 Å². The summed E-state index contributed by atoms with van der Waals surface area (Å²) in [4.78, 5) is 16.0. The Hall–Kier alpha value is -4.17. The molecule has 0 atom stereocenters. The van der Waals surface area contributed by atoms with Crippen LogP contribution in [0, 0.1) is 0 Å². The van der Waals surface area contributed by atoms with Gasteiger partial charge in [-0.15, -0.1) is 0 Å². The number of nitrogens with zero attached hydrogens (tertiary/aromatic N) is 1. The Morgan fingerprint density at radius 3 is 1.82 bits per heavy atom. The zero-order valence-electron chi connectivity index (χ0n) is 19.3. The van der Waals surface area contributed by atoms with Crippen LogP contribution in [0.15, 0.2) is 127 Å². The predicted octanol–water partition coefficient (Wildman–Crippen LogP) is 7.57. The maximum Gasteiger partial charge on any atom is 0.193 e. The maximum atomic E-state index is 13.6. The summed E-state index contributed by atoms with van der Waals surface area (Å²) >= 11 is 0. The molecule has 0 aromatic heterocycles. The molecule has 1 aliphatic carbocycles. The Kier molecular flexibility index (Phi) is 4.63. The fourth-order valence-electron chi connectivity index (χ4n) is 5.89. The van der Waals surface area contributed by atoms with Gasteiger partial charge in [0.05, 0.1) is 11.1 Å². The van der Waals surface area contributed by atoms with E-state index in [0.29, 0.717) is 0 Å². The van der Waals surface area contributed by atoms with E-state index in [9.17, 15) is 4.79 Å². The summed E-state index contributed by atoms with van der Waals surface area (Å²) in [7, 11) is 0. The zero-order chi connectivity index (χ0) is 23.3. The molecule has 1 spiro atoms. The first-order valence-corrected chi connectivity index (χ1v) is 11.7. The van der Waals surface area contributed by atoms with Crippen LogP contribution in [0.5, 0.6) is 0 Å². The molecular weight excluding hydrogens is 414 g/mol. The van der Waals surface area contributed by atoms with Crippen LogP contribution in [-0.4, -0.2) is 5.78 Å². The van der Waals surface area contributed by atoms with Gasteiger partial charge in [-0.3, -0.25) is 4.79 Å². The van der Waals surface area contributed by atoms with Crippen molar-refractivity contribution in [2.75, 3.05) is 4.90 Å². The van der Waals surface area contributed by atoms with Crippen LogP contribution in [0.25, 0.3) is 0 Å². The topological polar surface area (TPSA) is 20.3 Å². The average molecular weight is 440 g/mol. The lowest BCUT2D eigenvalue weighted by molar-refractivity contribution is 0.103. The number of carbonyl (C=O) groups excluding carboxylic acids is 1. The van der Waals surface area contributed by atoms with E-state index in [2.05, 4.69) is 104 Å². The molecule has 6 rings (SSSR count). The summed E-state index contributed by atoms with van der Waals surface area (Å²) in [5.41, 5.74) is 8.89. The monoisotopic (exact) mass is 439 g/mol. The van der Waals surface area contributed by atoms with Crippen LogP contribution in [0.2, 0.25) is 0 Å². The standard InChI is InChI=1S/C32H25NO/c1-3-13-29-22(2)32(28-20-11-12-21-30(28)33(29)23-14-5-4-6-15-23)26-18-9-7-16-24(26)31(34)25-17-8-10-19-27(25)32/h3-21H,1-2H3/b13-3-. The van der Waals surface area contributed by atoms with Gasteiger partial charge < -0.3 is 4.90 Å². The van der Waals surface area contributed by atoms with Crippen LogP contribution in [-0.2, 0) is 5.41 Å². The summed E-state index contributed by atoms with van der Waals surface area (Å²) in [6, 6.07) is 35.4. The number of rotatable bonds is 2. The van der Waals surface area contributed by atoms with Crippen molar-refractivity contribution in [2.45, 2.75) is 19.3 Å². The predicted molar refractivity (Wildman–Crippen MR) is 139 cm³/mol. The fourth-order valence-corrected chi connectivity index (χ4v) is 5.89. The van der Waals surface area contributed by atoms with Gasteiger partial charge in [0, 0.05) is 22.5 Å². The van der Waals surface area contributed by atoms with Crippen molar-refractivity contribution < 1.29 is 4.79 Å². The Balaban J connectivity index is 1.82. The molecule has 1 aliphatic heterocycles. The van der Waals surface area contributed by atoms with Crippen molar-refractivity contribution in [1.82, 2.24) is 0 Å². The number of allylic oxidation sites excluding steroid dienone is 3. The number of para-hydroxylation sites is 2. The first-order chi connectivity index (χ1) is 16.7. The molecule has 0 saturated heterocycles. The van der Waals surface area contributed by atoms with E-state index in [1.54, 1.807) is 0 Å². The van der Waals surface area contributed by atoms with Crippen LogP contribution >= 0.6 is 0 Å². The number of ketones is 1. The number of carbonyl (C=O) groups is 1. The minimum Gasteiger partial charge on any atom is -0.310 e. The number of hydrogen-bond acceptors (Lipinski definition) is 2. The van der Waals surface area contributed by atoms with Crippen LogP contribution in [0.1, 0.15) is 46.5 Å². The van der Waals surface area contributed by atoms with Gasteiger partial charge in [-0.2, -0.15) is 0 Å². The third-order valence-corrected chi connectivity index (χ3v) is 7.23. The summed E-state index contributed by atoms with van der Waals surface area (Å²) in [6.45, 7) is 4.29. The highest BCUT2D eigenvalue weighted by Crippen LogP contribution is 2.58. The van der Waals surface area contributed by atoms with Gasteiger partial charge in [0.2, 0.25) is 0 Å². The summed E-state index contributed by atoms with van der Waals surface area (Å²) < 4.78 is 0. The lowest BCUT2D eigenvalue weighted by Gasteiger charge is -2.49. The molecule has 0 radical (unpaired) electrons. The maximum absolute atomic E-state index is 13.6. The van der Waals surface area contributed by atoms with Gasteiger partial charge in [-0.1, -0.05) is 91.0 Å². The van der Waals surface area contributed by atoms with Gasteiger partial charge >= 0.3 is 0 Å². The zero-order valence-corrected chi connectivity index (χ0v) is 19.3. The largest absolute Gasteiger partial charge is 0.310 e. The molecule has 4 aromatic rings. The summed E-state index contributed by atoms with van der Waals surface area (Å²) in [5, 5.41) is 0. The van der Waals surface area contributed by atoms with Crippen molar-refractivity contribution in [3.63, 3.8) is 0 Å². The highest BCUT2D eigenvalue weighted by atomic mass is 16.1. The minimum absolute atomic E-state index is 0.0974. The SMILES string of the molecule is C/C=C\C1=C(C)C2(c3ccccc3C(=O)c3ccccc32)c2ccccc2N1c1ccccc1. The molecule has 0 amide bonds. The van der Waals surface area contributed by atoms with Crippen LogP contribution in [0.3, 0.4) is 0 Å². The van der Waals surface area contributed by atoms with E-state index in [1.165, 1.54) is 11.1 Å². The Morgan fingerprint density at radius 1 is 0.676 bits per heavy atom. The number of anilines is 2. The minimum atomic E-state index is -0.558. The van der Waals surface area contributed by atoms with Crippen LogP contribution in [0.4, 0.5) is 11.4 Å². The Labute approximate surface area is 200 Å².